The van der Waals surface area contributed by atoms with Crippen molar-refractivity contribution in [2.75, 3.05) is 17.7 Å². The van der Waals surface area contributed by atoms with E-state index in [0.717, 1.165) is 22.6 Å². The van der Waals surface area contributed by atoms with Crippen LogP contribution in [0, 0.1) is 0 Å². The van der Waals surface area contributed by atoms with Crippen molar-refractivity contribution in [1.29, 1.82) is 0 Å². The molecule has 8 nitrogen and oxygen atoms in total. The van der Waals surface area contributed by atoms with Crippen molar-refractivity contribution in [1.82, 2.24) is 20.2 Å². The number of hydrogen-bond acceptors (Lipinski definition) is 8. The molecule has 0 saturated heterocycles. The second kappa shape index (κ2) is 8.78. The van der Waals surface area contributed by atoms with Crippen LogP contribution in [0.4, 0.5) is 23.0 Å². The van der Waals surface area contributed by atoms with E-state index in [4.69, 9.17) is 0 Å². The molecule has 0 aliphatic rings. The quantitative estimate of drug-likeness (QED) is 0.466. The van der Waals surface area contributed by atoms with Crippen LogP contribution in [0.15, 0.2) is 79.1 Å². The van der Waals surface area contributed by atoms with Gasteiger partial charge in [-0.1, -0.05) is 30.3 Å². The highest BCUT2D eigenvalue weighted by Gasteiger charge is 2.08. The van der Waals surface area contributed by atoms with Gasteiger partial charge >= 0.3 is 5.97 Å². The van der Waals surface area contributed by atoms with E-state index in [1.807, 2.05) is 60.7 Å². The average Bonchev–Trinajstić information content (AvgIpc) is 2.81. The summed E-state index contributed by atoms with van der Waals surface area (Å²) in [6.07, 6.45) is 1.54. The van der Waals surface area contributed by atoms with Gasteiger partial charge in [0.1, 0.15) is 12.1 Å². The summed E-state index contributed by atoms with van der Waals surface area (Å²) in [6, 6.07) is 22.7. The lowest BCUT2D eigenvalue weighted by molar-refractivity contribution is 0.0593. The van der Waals surface area contributed by atoms with Crippen LogP contribution in [-0.2, 0) is 4.74 Å². The molecule has 0 bridgehead atoms. The molecule has 2 aromatic heterocycles. The molecule has 30 heavy (non-hydrogen) atoms. The molecule has 148 valence electrons. The lowest BCUT2D eigenvalue weighted by Gasteiger charge is -2.09. The number of anilines is 4. The second-order valence-electron chi connectivity index (χ2n) is 6.28. The summed E-state index contributed by atoms with van der Waals surface area (Å²) in [5.74, 6) is 0.699. The monoisotopic (exact) mass is 398 g/mol. The predicted octanol–water partition coefficient (Wildman–Crippen LogP) is 4.21. The van der Waals surface area contributed by atoms with E-state index in [0.29, 0.717) is 11.6 Å². The molecule has 2 heterocycles. The number of methoxy groups -OCH3 is 1. The zero-order chi connectivity index (χ0) is 20.8. The lowest BCUT2D eigenvalue weighted by atomic mass is 10.1. The number of ether oxygens (including phenoxy) is 1. The van der Waals surface area contributed by atoms with Gasteiger partial charge in [-0.15, -0.1) is 10.2 Å². The van der Waals surface area contributed by atoms with Gasteiger partial charge in [0, 0.05) is 23.0 Å². The maximum absolute atomic E-state index is 11.4. The summed E-state index contributed by atoms with van der Waals surface area (Å²) >= 11 is 0. The molecule has 0 amide bonds. The fourth-order valence-electron chi connectivity index (χ4n) is 2.74. The first-order valence-corrected chi connectivity index (χ1v) is 9.15. The SMILES string of the molecule is COC(=O)c1ccc(Nc2ccc(Nc3cc(-c4ccccc4)ncn3)cc2)nn1. The highest BCUT2D eigenvalue weighted by molar-refractivity contribution is 5.87. The fraction of sp³-hybridized carbons (Fsp3) is 0.0455. The summed E-state index contributed by atoms with van der Waals surface area (Å²) in [6.45, 7) is 0. The van der Waals surface area contributed by atoms with Crippen molar-refractivity contribution in [3.05, 3.63) is 84.8 Å². The number of hydrogen-bond donors (Lipinski definition) is 2. The predicted molar refractivity (Wildman–Crippen MR) is 114 cm³/mol. The number of nitrogens with zero attached hydrogens (tertiary/aromatic N) is 4. The van der Waals surface area contributed by atoms with Crippen LogP contribution >= 0.6 is 0 Å². The van der Waals surface area contributed by atoms with Gasteiger partial charge in [-0.05, 0) is 36.4 Å². The molecule has 2 N–H and O–H groups in total. The fourth-order valence-corrected chi connectivity index (χ4v) is 2.74. The molecule has 4 aromatic rings. The normalized spacial score (nSPS) is 10.3. The van der Waals surface area contributed by atoms with Crippen LogP contribution in [-0.4, -0.2) is 33.2 Å². The van der Waals surface area contributed by atoms with Crippen molar-refractivity contribution in [3.8, 4) is 11.3 Å². The summed E-state index contributed by atoms with van der Waals surface area (Å²) in [5, 5.41) is 14.2. The Morgan fingerprint density at radius 2 is 1.50 bits per heavy atom. The van der Waals surface area contributed by atoms with E-state index in [1.54, 1.807) is 12.1 Å². The first-order chi connectivity index (χ1) is 14.7. The minimum absolute atomic E-state index is 0.155. The van der Waals surface area contributed by atoms with Crippen LogP contribution in [0.2, 0.25) is 0 Å². The van der Waals surface area contributed by atoms with E-state index in [-0.39, 0.29) is 5.69 Å². The van der Waals surface area contributed by atoms with Gasteiger partial charge in [0.15, 0.2) is 11.5 Å². The molecule has 0 spiro atoms. The Balaban J connectivity index is 1.42. The number of aromatic nitrogens is 4. The molecule has 8 heteroatoms. The third-order valence-corrected chi connectivity index (χ3v) is 4.23. The van der Waals surface area contributed by atoms with Crippen molar-refractivity contribution < 1.29 is 9.53 Å². The Morgan fingerprint density at radius 3 is 2.13 bits per heavy atom. The first kappa shape index (κ1) is 19.0. The Kier molecular flexibility index (Phi) is 5.56. The number of carbonyl (C=O) groups excluding carboxylic acids is 1. The standard InChI is InChI=1S/C22H18N6O2/c1-30-22(29)18-11-12-20(28-27-18)25-16-7-9-17(10-8-16)26-21-13-19(23-14-24-21)15-5-3-2-4-6-15/h2-14H,1H3,(H,25,28)(H,23,24,26). The Morgan fingerprint density at radius 1 is 0.800 bits per heavy atom. The molecule has 0 saturated carbocycles. The van der Waals surface area contributed by atoms with Crippen LogP contribution in [0.1, 0.15) is 10.5 Å². The summed E-state index contributed by atoms with van der Waals surface area (Å²) in [4.78, 5) is 20.0. The largest absolute Gasteiger partial charge is 0.464 e. The number of esters is 1. The molecule has 0 unspecified atom stereocenters. The van der Waals surface area contributed by atoms with Gasteiger partial charge in [0.2, 0.25) is 0 Å². The molecular weight excluding hydrogens is 380 g/mol. The van der Waals surface area contributed by atoms with Crippen molar-refractivity contribution in [2.24, 2.45) is 0 Å². The zero-order valence-corrected chi connectivity index (χ0v) is 16.1. The van der Waals surface area contributed by atoms with Crippen molar-refractivity contribution in [2.45, 2.75) is 0 Å². The second-order valence-corrected chi connectivity index (χ2v) is 6.28. The van der Waals surface area contributed by atoms with E-state index >= 15 is 0 Å². The highest BCUT2D eigenvalue weighted by Crippen LogP contribution is 2.22. The van der Waals surface area contributed by atoms with Crippen molar-refractivity contribution in [3.63, 3.8) is 0 Å². The van der Waals surface area contributed by atoms with E-state index in [1.165, 1.54) is 13.4 Å². The number of carbonyl (C=O) groups is 1. The number of rotatable bonds is 6. The average molecular weight is 398 g/mol. The van der Waals surface area contributed by atoms with Crippen LogP contribution in [0.3, 0.4) is 0 Å². The number of benzene rings is 2. The van der Waals surface area contributed by atoms with Gasteiger partial charge in [-0.25, -0.2) is 14.8 Å². The Labute approximate surface area is 173 Å². The first-order valence-electron chi connectivity index (χ1n) is 9.15. The summed E-state index contributed by atoms with van der Waals surface area (Å²) < 4.78 is 4.61. The van der Waals surface area contributed by atoms with Gasteiger partial charge in [0.05, 0.1) is 12.8 Å². The molecule has 0 radical (unpaired) electrons. The Hall–Kier alpha value is -4.33. The molecular formula is C22H18N6O2. The maximum atomic E-state index is 11.4. The van der Waals surface area contributed by atoms with Crippen LogP contribution in [0.5, 0.6) is 0 Å². The molecule has 0 aliphatic heterocycles. The highest BCUT2D eigenvalue weighted by atomic mass is 16.5. The van der Waals surface area contributed by atoms with Gasteiger partial charge in [-0.2, -0.15) is 0 Å². The van der Waals surface area contributed by atoms with Gasteiger partial charge in [0.25, 0.3) is 0 Å². The third-order valence-electron chi connectivity index (χ3n) is 4.23. The molecule has 0 fully saturated rings. The van der Waals surface area contributed by atoms with Gasteiger partial charge in [-0.3, -0.25) is 0 Å². The molecule has 0 aliphatic carbocycles. The third kappa shape index (κ3) is 4.56. The Bertz CT molecular complexity index is 1130. The lowest BCUT2D eigenvalue weighted by Crippen LogP contribution is -2.06. The summed E-state index contributed by atoms with van der Waals surface area (Å²) in [5.41, 5.74) is 3.74. The van der Waals surface area contributed by atoms with Crippen molar-refractivity contribution >= 4 is 29.0 Å². The van der Waals surface area contributed by atoms with E-state index in [2.05, 4.69) is 35.5 Å². The van der Waals surface area contributed by atoms with Gasteiger partial charge < -0.3 is 15.4 Å². The number of nitrogens with one attached hydrogen (secondary N) is 2. The van der Waals surface area contributed by atoms with E-state index in [9.17, 15) is 4.79 Å². The topological polar surface area (TPSA) is 102 Å². The minimum Gasteiger partial charge on any atom is -0.464 e. The zero-order valence-electron chi connectivity index (χ0n) is 16.1. The van der Waals surface area contributed by atoms with Crippen LogP contribution in [0.25, 0.3) is 11.3 Å². The molecule has 2 aromatic carbocycles. The molecule has 4 rings (SSSR count). The van der Waals surface area contributed by atoms with E-state index < -0.39 is 5.97 Å². The maximum Gasteiger partial charge on any atom is 0.358 e. The van der Waals surface area contributed by atoms with Crippen LogP contribution < -0.4 is 10.6 Å². The smallest absolute Gasteiger partial charge is 0.358 e. The molecule has 0 atom stereocenters. The minimum atomic E-state index is -0.523. The summed E-state index contributed by atoms with van der Waals surface area (Å²) in [7, 11) is 1.30.